The maximum atomic E-state index is 10.1. The number of hydrogen-bond donors (Lipinski definition) is 2. The van der Waals surface area contributed by atoms with Crippen LogP contribution in [0.1, 0.15) is 13.8 Å². The van der Waals surface area contributed by atoms with E-state index < -0.39 is 15.8 Å². The Bertz CT molecular complexity index is 108. The molecule has 0 aromatic rings. The molecule has 0 fully saturated rings. The highest BCUT2D eigenvalue weighted by molar-refractivity contribution is 6.27. The summed E-state index contributed by atoms with van der Waals surface area (Å²) in [5.41, 5.74) is 4.83. The van der Waals surface area contributed by atoms with Crippen molar-refractivity contribution >= 4 is 15.8 Å². The van der Waals surface area contributed by atoms with Crippen LogP contribution in [-0.2, 0) is 4.43 Å². The predicted molar refractivity (Wildman–Crippen MR) is 42.4 cm³/mol. The number of carbonyl (C=O) groups excluding carboxylic acids is 1. The summed E-state index contributed by atoms with van der Waals surface area (Å²) < 4.78 is 5.26. The molecule has 60 valence electrons. The van der Waals surface area contributed by atoms with Crippen LogP contribution in [0.15, 0.2) is 0 Å². The lowest BCUT2D eigenvalue weighted by Gasteiger charge is -2.06. The molecule has 0 aliphatic heterocycles. The molecular formula is C5H14N2O2Si. The normalized spacial score (nSPS) is 11.1. The molecule has 0 aliphatic rings. The summed E-state index contributed by atoms with van der Waals surface area (Å²) in [5, 5.41) is 2.48. The second-order valence-corrected chi connectivity index (χ2v) is 3.45. The predicted octanol–water partition coefficient (Wildman–Crippen LogP) is -0.879. The Labute approximate surface area is 63.1 Å². The minimum absolute atomic E-state index is 0.265. The van der Waals surface area contributed by atoms with Crippen LogP contribution in [0.2, 0.25) is 0 Å². The zero-order chi connectivity index (χ0) is 7.98. The largest absolute Gasteiger partial charge is 0.420 e. The molecule has 0 atom stereocenters. The van der Waals surface area contributed by atoms with Gasteiger partial charge in [0.05, 0.1) is 0 Å². The molecule has 0 aromatic heterocycles. The Morgan fingerprint density at radius 2 is 2.40 bits per heavy atom. The fraction of sp³-hybridized carbons (Fsp3) is 0.800. The van der Waals surface area contributed by atoms with E-state index in [9.17, 15) is 4.79 Å². The standard InChI is InChI=1S/C5H14N2O2Si/c1-4(2)9-10-3-7-5(6)8/h4H,3,10H2,1-2H3,(H3,6,7,8). The molecule has 2 amide bonds. The average Bonchev–Trinajstić information content (AvgIpc) is 1.79. The monoisotopic (exact) mass is 162 g/mol. The Morgan fingerprint density at radius 1 is 1.80 bits per heavy atom. The maximum absolute atomic E-state index is 10.1. The molecule has 0 heterocycles. The van der Waals surface area contributed by atoms with E-state index in [-0.39, 0.29) is 6.10 Å². The van der Waals surface area contributed by atoms with Crippen molar-refractivity contribution in [2.24, 2.45) is 5.73 Å². The fourth-order valence-electron chi connectivity index (χ4n) is 0.469. The number of nitrogens with one attached hydrogen (secondary N) is 1. The number of hydrogen-bond acceptors (Lipinski definition) is 2. The Morgan fingerprint density at radius 3 is 2.80 bits per heavy atom. The first kappa shape index (κ1) is 9.45. The van der Waals surface area contributed by atoms with Gasteiger partial charge in [-0.05, 0) is 13.8 Å². The van der Waals surface area contributed by atoms with Crippen LogP contribution in [0.5, 0.6) is 0 Å². The summed E-state index contributed by atoms with van der Waals surface area (Å²) in [6, 6.07) is -0.472. The number of rotatable bonds is 4. The van der Waals surface area contributed by atoms with Gasteiger partial charge in [-0.15, -0.1) is 0 Å². The molecule has 0 rings (SSSR count). The smallest absolute Gasteiger partial charge is 0.311 e. The number of urea groups is 1. The summed E-state index contributed by atoms with van der Waals surface area (Å²) >= 11 is 0. The van der Waals surface area contributed by atoms with E-state index in [1.807, 2.05) is 13.8 Å². The van der Waals surface area contributed by atoms with Crippen LogP contribution in [0, 0.1) is 0 Å². The molecule has 0 bridgehead atoms. The van der Waals surface area contributed by atoms with E-state index in [0.717, 1.165) is 0 Å². The van der Waals surface area contributed by atoms with Crippen LogP contribution >= 0.6 is 0 Å². The zero-order valence-corrected chi connectivity index (χ0v) is 7.80. The minimum atomic E-state index is -0.591. The van der Waals surface area contributed by atoms with Crippen LogP contribution in [0.25, 0.3) is 0 Å². The van der Waals surface area contributed by atoms with Gasteiger partial charge in [0.15, 0.2) is 9.76 Å². The van der Waals surface area contributed by atoms with E-state index in [2.05, 4.69) is 5.32 Å². The van der Waals surface area contributed by atoms with Crippen molar-refractivity contribution in [3.05, 3.63) is 0 Å². The molecule has 3 N–H and O–H groups in total. The first-order valence-electron chi connectivity index (χ1n) is 3.28. The van der Waals surface area contributed by atoms with Crippen LogP contribution < -0.4 is 11.1 Å². The summed E-state index contributed by atoms with van der Waals surface area (Å²) in [7, 11) is -0.591. The number of amides is 2. The van der Waals surface area contributed by atoms with E-state index in [0.29, 0.717) is 6.17 Å². The fourth-order valence-corrected chi connectivity index (χ4v) is 1.41. The number of primary amides is 1. The van der Waals surface area contributed by atoms with Gasteiger partial charge >= 0.3 is 6.03 Å². The molecule has 0 radical (unpaired) electrons. The highest BCUT2D eigenvalue weighted by Gasteiger charge is 1.94. The Hall–Kier alpha value is -0.553. The van der Waals surface area contributed by atoms with E-state index >= 15 is 0 Å². The number of nitrogens with two attached hydrogens (primary N) is 1. The molecule has 10 heavy (non-hydrogen) atoms. The van der Waals surface area contributed by atoms with Crippen molar-refractivity contribution in [3.63, 3.8) is 0 Å². The summed E-state index contributed by atoms with van der Waals surface area (Å²) in [6.07, 6.45) is 0.884. The van der Waals surface area contributed by atoms with Gasteiger partial charge in [-0.3, -0.25) is 0 Å². The average molecular weight is 162 g/mol. The molecule has 0 saturated carbocycles. The first-order valence-corrected chi connectivity index (χ1v) is 4.85. The van der Waals surface area contributed by atoms with Gasteiger partial charge in [0.1, 0.15) is 0 Å². The van der Waals surface area contributed by atoms with Gasteiger partial charge in [-0.1, -0.05) is 0 Å². The second-order valence-electron chi connectivity index (χ2n) is 2.21. The van der Waals surface area contributed by atoms with Crippen molar-refractivity contribution in [2.75, 3.05) is 6.17 Å². The molecule has 0 aromatic carbocycles. The molecule has 4 nitrogen and oxygen atoms in total. The highest BCUT2D eigenvalue weighted by Crippen LogP contribution is 1.82. The zero-order valence-electron chi connectivity index (χ0n) is 6.39. The van der Waals surface area contributed by atoms with Gasteiger partial charge in [-0.2, -0.15) is 0 Å². The highest BCUT2D eigenvalue weighted by atomic mass is 28.2. The van der Waals surface area contributed by atoms with Crippen molar-refractivity contribution in [2.45, 2.75) is 20.0 Å². The molecule has 0 aliphatic carbocycles. The van der Waals surface area contributed by atoms with Gasteiger partial charge in [0.25, 0.3) is 0 Å². The van der Waals surface area contributed by atoms with Gasteiger partial charge in [0, 0.05) is 12.3 Å². The van der Waals surface area contributed by atoms with Crippen LogP contribution in [-0.4, -0.2) is 28.1 Å². The van der Waals surface area contributed by atoms with Gasteiger partial charge in [0.2, 0.25) is 0 Å². The topological polar surface area (TPSA) is 64.3 Å². The quantitative estimate of drug-likeness (QED) is 0.416. The molecule has 0 spiro atoms. The third-order valence-corrected chi connectivity index (χ3v) is 2.21. The summed E-state index contributed by atoms with van der Waals surface area (Å²) in [6.45, 7) is 3.94. The van der Waals surface area contributed by atoms with E-state index in [1.54, 1.807) is 0 Å². The molecule has 0 unspecified atom stereocenters. The number of carbonyl (C=O) groups is 1. The summed E-state index contributed by atoms with van der Waals surface area (Å²) in [5.74, 6) is 0. The third-order valence-electron chi connectivity index (χ3n) is 0.852. The van der Waals surface area contributed by atoms with Crippen LogP contribution in [0.3, 0.4) is 0 Å². The van der Waals surface area contributed by atoms with Crippen molar-refractivity contribution in [1.29, 1.82) is 0 Å². The van der Waals surface area contributed by atoms with E-state index in [1.165, 1.54) is 0 Å². The lowest BCUT2D eigenvalue weighted by molar-refractivity contribution is 0.244. The lowest BCUT2D eigenvalue weighted by Crippen LogP contribution is -2.34. The third kappa shape index (κ3) is 7.45. The minimum Gasteiger partial charge on any atom is -0.420 e. The van der Waals surface area contributed by atoms with Crippen molar-refractivity contribution in [3.8, 4) is 0 Å². The van der Waals surface area contributed by atoms with E-state index in [4.69, 9.17) is 10.2 Å². The molecule has 0 saturated heterocycles. The maximum Gasteiger partial charge on any atom is 0.311 e. The van der Waals surface area contributed by atoms with Gasteiger partial charge in [-0.25, -0.2) is 4.79 Å². The van der Waals surface area contributed by atoms with Crippen molar-refractivity contribution < 1.29 is 9.22 Å². The Balaban J connectivity index is 2.98. The second kappa shape index (κ2) is 5.25. The molecular weight excluding hydrogens is 148 g/mol. The Kier molecular flexibility index (Phi) is 4.96. The van der Waals surface area contributed by atoms with Crippen LogP contribution in [0.4, 0.5) is 4.79 Å². The van der Waals surface area contributed by atoms with Gasteiger partial charge < -0.3 is 15.5 Å². The molecule has 5 heteroatoms. The SMILES string of the molecule is CC(C)O[SiH2]CNC(N)=O. The lowest BCUT2D eigenvalue weighted by atomic mass is 10.5. The van der Waals surface area contributed by atoms with Crippen molar-refractivity contribution in [1.82, 2.24) is 5.32 Å². The summed E-state index contributed by atoms with van der Waals surface area (Å²) in [4.78, 5) is 10.1. The first-order chi connectivity index (χ1) is 4.63.